The van der Waals surface area contributed by atoms with Crippen molar-refractivity contribution in [3.63, 3.8) is 0 Å². The van der Waals surface area contributed by atoms with Crippen LogP contribution in [0.25, 0.3) is 6.08 Å². The van der Waals surface area contributed by atoms with Crippen LogP contribution in [-0.4, -0.2) is 29.8 Å². The molecule has 0 aromatic heterocycles. The van der Waals surface area contributed by atoms with Crippen LogP contribution in [0.2, 0.25) is 10.0 Å². The van der Waals surface area contributed by atoms with Crippen molar-refractivity contribution in [3.8, 4) is 11.5 Å². The Morgan fingerprint density at radius 3 is 2.55 bits per heavy atom. The summed E-state index contributed by atoms with van der Waals surface area (Å²) in [7, 11) is 1.54. The summed E-state index contributed by atoms with van der Waals surface area (Å²) in [5.41, 5.74) is 2.14. The third kappa shape index (κ3) is 6.56. The average molecular weight is 635 g/mol. The molecule has 1 heterocycles. The number of aliphatic hydroxyl groups excluding tert-OH is 1. The van der Waals surface area contributed by atoms with E-state index in [1.165, 1.54) is 18.9 Å². The summed E-state index contributed by atoms with van der Waals surface area (Å²) >= 11 is 17.0. The second-order valence-corrected chi connectivity index (χ2v) is 10.6. The van der Waals surface area contributed by atoms with Crippen LogP contribution in [0.15, 0.2) is 86.4 Å². The Balaban J connectivity index is 1.66. The van der Waals surface area contributed by atoms with Crippen molar-refractivity contribution in [2.75, 3.05) is 13.7 Å². The fourth-order valence-electron chi connectivity index (χ4n) is 3.48. The van der Waals surface area contributed by atoms with Crippen LogP contribution in [0.4, 0.5) is 5.69 Å². The zero-order chi connectivity index (χ0) is 27.2. The van der Waals surface area contributed by atoms with Gasteiger partial charge in [0, 0.05) is 20.1 Å². The van der Waals surface area contributed by atoms with E-state index >= 15 is 0 Å². The smallest absolute Gasteiger partial charge is 0.344 e. The second-order valence-electron chi connectivity index (χ2n) is 7.86. The highest BCUT2D eigenvalue weighted by atomic mass is 79.9. The van der Waals surface area contributed by atoms with Gasteiger partial charge in [-0.2, -0.15) is 0 Å². The molecule has 1 aliphatic rings. The molecule has 6 nitrogen and oxygen atoms in total. The molecule has 0 fully saturated rings. The maximum Gasteiger partial charge on any atom is 0.344 e. The van der Waals surface area contributed by atoms with Gasteiger partial charge in [0.15, 0.2) is 11.5 Å². The Kier molecular flexibility index (Phi) is 9.44. The molecule has 0 atom stereocenters. The number of thioether (sulfide) groups is 1. The molecule has 196 valence electrons. The largest absolute Gasteiger partial charge is 0.506 e. The second kappa shape index (κ2) is 12.8. The van der Waals surface area contributed by atoms with Gasteiger partial charge in [0.1, 0.15) is 23.0 Å². The summed E-state index contributed by atoms with van der Waals surface area (Å²) in [5, 5.41) is 12.4. The number of halogens is 3. The van der Waals surface area contributed by atoms with Gasteiger partial charge in [0.25, 0.3) is 0 Å². The van der Waals surface area contributed by atoms with Crippen LogP contribution >= 0.6 is 50.9 Å². The summed E-state index contributed by atoms with van der Waals surface area (Å²) in [4.78, 5) is 17.7. The van der Waals surface area contributed by atoms with Gasteiger partial charge in [-0.1, -0.05) is 75.2 Å². The number of nitrogens with zero attached hydrogens (tertiary/aromatic N) is 1. The number of para-hydroxylation sites is 1. The highest BCUT2D eigenvalue weighted by Gasteiger charge is 2.33. The Bertz CT molecular complexity index is 1460. The highest BCUT2D eigenvalue weighted by molar-refractivity contribution is 9.10. The van der Waals surface area contributed by atoms with Crippen molar-refractivity contribution >= 4 is 73.7 Å². The number of hydrogen-bond donors (Lipinski definition) is 1. The zero-order valence-electron chi connectivity index (χ0n) is 20.3. The zero-order valence-corrected chi connectivity index (χ0v) is 24.2. The number of aliphatic imine (C=N–C) groups is 1. The number of benzene rings is 3. The summed E-state index contributed by atoms with van der Waals surface area (Å²) < 4.78 is 17.4. The molecule has 10 heteroatoms. The van der Waals surface area contributed by atoms with E-state index in [2.05, 4.69) is 20.9 Å². The molecule has 0 aliphatic carbocycles. The first kappa shape index (κ1) is 28.1. The summed E-state index contributed by atoms with van der Waals surface area (Å²) in [6.45, 7) is 2.08. The lowest BCUT2D eigenvalue weighted by Crippen LogP contribution is -2.12. The van der Waals surface area contributed by atoms with Crippen molar-refractivity contribution in [3.05, 3.63) is 103 Å². The van der Waals surface area contributed by atoms with Crippen LogP contribution in [0.3, 0.4) is 0 Å². The summed E-state index contributed by atoms with van der Waals surface area (Å²) in [6.07, 6.45) is 1.74. The number of rotatable bonds is 8. The first-order valence-corrected chi connectivity index (χ1v) is 13.8. The molecule has 38 heavy (non-hydrogen) atoms. The Hall–Kier alpha value is -2.91. The lowest BCUT2D eigenvalue weighted by Gasteiger charge is -2.14. The summed E-state index contributed by atoms with van der Waals surface area (Å²) in [6, 6.07) is 17.9. The number of esters is 1. The summed E-state index contributed by atoms with van der Waals surface area (Å²) in [5.74, 6) is 0.119. The number of carbonyl (C=O) groups is 1. The average Bonchev–Trinajstić information content (AvgIpc) is 3.19. The lowest BCUT2D eigenvalue weighted by atomic mass is 10.1. The van der Waals surface area contributed by atoms with Gasteiger partial charge in [0.2, 0.25) is 0 Å². The van der Waals surface area contributed by atoms with Crippen LogP contribution in [0.5, 0.6) is 11.5 Å². The van der Waals surface area contributed by atoms with E-state index in [-0.39, 0.29) is 24.5 Å². The minimum Gasteiger partial charge on any atom is -0.506 e. The molecule has 4 rings (SSSR count). The van der Waals surface area contributed by atoms with Crippen molar-refractivity contribution in [1.82, 2.24) is 0 Å². The van der Waals surface area contributed by atoms with Crippen LogP contribution in [0, 0.1) is 0 Å². The molecular weight excluding hydrogens is 613 g/mol. The lowest BCUT2D eigenvalue weighted by molar-refractivity contribution is -0.138. The Labute approximate surface area is 243 Å². The van der Waals surface area contributed by atoms with Gasteiger partial charge in [-0.05, 0) is 55.0 Å². The number of ether oxygens (including phenoxy) is 3. The van der Waals surface area contributed by atoms with E-state index in [1.807, 2.05) is 30.3 Å². The minimum absolute atomic E-state index is 0.0230. The molecule has 3 aromatic carbocycles. The Morgan fingerprint density at radius 2 is 1.87 bits per heavy atom. The number of hydrogen-bond acceptors (Lipinski definition) is 7. The fourth-order valence-corrected chi connectivity index (χ4v) is 5.41. The number of methoxy groups -OCH3 is 1. The molecule has 0 amide bonds. The van der Waals surface area contributed by atoms with Crippen LogP contribution in [0.1, 0.15) is 18.1 Å². The van der Waals surface area contributed by atoms with E-state index in [0.29, 0.717) is 47.2 Å². The van der Waals surface area contributed by atoms with Gasteiger partial charge in [-0.3, -0.25) is 0 Å². The quantitative estimate of drug-likeness (QED) is 0.250. The van der Waals surface area contributed by atoms with Gasteiger partial charge < -0.3 is 19.3 Å². The van der Waals surface area contributed by atoms with E-state index in [1.54, 1.807) is 43.3 Å². The van der Waals surface area contributed by atoms with Gasteiger partial charge >= 0.3 is 5.97 Å². The van der Waals surface area contributed by atoms with Crippen molar-refractivity contribution < 1.29 is 24.1 Å². The van der Waals surface area contributed by atoms with E-state index in [9.17, 15) is 9.90 Å². The standard InChI is InChI=1S/C28H22BrCl2NO5S/c1-3-36-28(34)25-26(33)24(38-27(25)32-19-7-5-4-6-8-19)12-17-11-22(35-2)23(14-20(17)29)37-15-16-9-10-18(30)13-21(16)31/h4-14,33H,3,15H2,1-2H3/b24-12-,32-27?. The number of aliphatic hydroxyl groups is 1. The SMILES string of the molecule is CCOC(=O)C1=C(O)/C(=C/c2cc(OC)c(OCc3ccc(Cl)cc3Cl)cc2Br)SC1=Nc1ccccc1. The monoisotopic (exact) mass is 633 g/mol. The van der Waals surface area contributed by atoms with Gasteiger partial charge in [-0.25, -0.2) is 9.79 Å². The Morgan fingerprint density at radius 1 is 1.11 bits per heavy atom. The molecule has 1 aliphatic heterocycles. The third-order valence-electron chi connectivity index (χ3n) is 5.32. The van der Waals surface area contributed by atoms with E-state index < -0.39 is 5.97 Å². The van der Waals surface area contributed by atoms with Crippen LogP contribution in [-0.2, 0) is 16.1 Å². The maximum absolute atomic E-state index is 12.7. The molecule has 0 saturated heterocycles. The molecule has 3 aromatic rings. The maximum atomic E-state index is 12.7. The molecule has 0 saturated carbocycles. The minimum atomic E-state index is -0.642. The molecule has 0 unspecified atom stereocenters. The van der Waals surface area contributed by atoms with Crippen molar-refractivity contribution in [1.29, 1.82) is 0 Å². The van der Waals surface area contributed by atoms with Crippen molar-refractivity contribution in [2.45, 2.75) is 13.5 Å². The van der Waals surface area contributed by atoms with Crippen molar-refractivity contribution in [2.24, 2.45) is 4.99 Å². The molecule has 1 N–H and O–H groups in total. The molecule has 0 bridgehead atoms. The predicted octanol–water partition coefficient (Wildman–Crippen LogP) is 8.54. The number of carbonyl (C=O) groups excluding carboxylic acids is 1. The topological polar surface area (TPSA) is 77.4 Å². The van der Waals surface area contributed by atoms with Gasteiger partial charge in [0.05, 0.1) is 24.3 Å². The third-order valence-corrected chi connectivity index (χ3v) is 7.62. The predicted molar refractivity (Wildman–Crippen MR) is 157 cm³/mol. The normalized spacial score (nSPS) is 15.3. The molecule has 0 spiro atoms. The van der Waals surface area contributed by atoms with E-state index in [4.69, 9.17) is 37.4 Å². The first-order valence-electron chi connectivity index (χ1n) is 11.4. The van der Waals surface area contributed by atoms with E-state index in [0.717, 1.165) is 5.56 Å². The highest BCUT2D eigenvalue weighted by Crippen LogP contribution is 2.42. The fraction of sp³-hybridized carbons (Fsp3) is 0.143. The van der Waals surface area contributed by atoms with Gasteiger partial charge in [-0.15, -0.1) is 0 Å². The molecular formula is C28H22BrCl2NO5S. The first-order chi connectivity index (χ1) is 18.3. The van der Waals surface area contributed by atoms with Crippen LogP contribution < -0.4 is 9.47 Å². The molecule has 0 radical (unpaired) electrons.